The largest absolute Gasteiger partial charge is 0.481 e. The maximum Gasteiger partial charge on any atom is 0.261 e. The van der Waals surface area contributed by atoms with Gasteiger partial charge in [-0.25, -0.2) is 0 Å². The van der Waals surface area contributed by atoms with Crippen LogP contribution in [0.15, 0.2) is 22.7 Å². The normalized spacial score (nSPS) is 11.5. The molecule has 102 valence electrons. The average Bonchev–Trinajstić information content (AvgIpc) is 2.39. The van der Waals surface area contributed by atoms with Crippen LogP contribution in [-0.4, -0.2) is 25.6 Å². The average molecular weight is 325 g/mol. The number of benzene rings is 1. The number of hydrogen-bond acceptors (Lipinski definition) is 3. The molecule has 1 unspecified atom stereocenters. The molecule has 0 heterocycles. The Bertz CT molecular complexity index is 483. The second-order valence-electron chi connectivity index (χ2n) is 3.96. The van der Waals surface area contributed by atoms with E-state index in [1.165, 1.54) is 0 Å². The van der Waals surface area contributed by atoms with Crippen molar-refractivity contribution in [1.82, 2.24) is 10.6 Å². The number of carbonyl (C=O) groups is 1. The molecule has 0 aliphatic rings. The summed E-state index contributed by atoms with van der Waals surface area (Å²) in [4.78, 5) is 11.7. The summed E-state index contributed by atoms with van der Waals surface area (Å²) in [7, 11) is 1.85. The monoisotopic (exact) mass is 324 g/mol. The van der Waals surface area contributed by atoms with Gasteiger partial charge >= 0.3 is 0 Å². The van der Waals surface area contributed by atoms with Crippen LogP contribution in [0.5, 0.6) is 5.75 Å². The van der Waals surface area contributed by atoms with Crippen molar-refractivity contribution >= 4 is 21.8 Å². The minimum Gasteiger partial charge on any atom is -0.481 e. The van der Waals surface area contributed by atoms with Gasteiger partial charge in [0.15, 0.2) is 6.10 Å². The number of ether oxygens (including phenoxy) is 1. The molecule has 1 aromatic rings. The van der Waals surface area contributed by atoms with E-state index in [-0.39, 0.29) is 12.5 Å². The van der Waals surface area contributed by atoms with E-state index in [9.17, 15) is 4.79 Å². The fraction of sp³-hybridized carbons (Fsp3) is 0.357. The number of amides is 1. The fourth-order valence-electron chi connectivity index (χ4n) is 1.52. The topological polar surface area (TPSA) is 50.4 Å². The van der Waals surface area contributed by atoms with Crippen molar-refractivity contribution in [2.45, 2.75) is 19.6 Å². The summed E-state index contributed by atoms with van der Waals surface area (Å²) in [5.41, 5.74) is 0.980. The van der Waals surface area contributed by atoms with Crippen LogP contribution in [0, 0.1) is 12.3 Å². The summed E-state index contributed by atoms with van der Waals surface area (Å²) in [6, 6.07) is 5.67. The molecule has 0 fully saturated rings. The van der Waals surface area contributed by atoms with Gasteiger partial charge in [-0.05, 0) is 32.2 Å². The Kier molecular flexibility index (Phi) is 6.40. The van der Waals surface area contributed by atoms with Gasteiger partial charge in [0.05, 0.1) is 6.54 Å². The van der Waals surface area contributed by atoms with Gasteiger partial charge in [0.1, 0.15) is 5.75 Å². The van der Waals surface area contributed by atoms with Crippen LogP contribution in [0.3, 0.4) is 0 Å². The third-order valence-electron chi connectivity index (χ3n) is 2.43. The molecule has 0 aliphatic heterocycles. The van der Waals surface area contributed by atoms with Gasteiger partial charge in [-0.15, -0.1) is 6.42 Å². The first-order valence-electron chi connectivity index (χ1n) is 5.89. The van der Waals surface area contributed by atoms with Crippen molar-refractivity contribution in [3.63, 3.8) is 0 Å². The summed E-state index contributed by atoms with van der Waals surface area (Å²) in [5.74, 6) is 2.81. The maximum absolute atomic E-state index is 11.7. The highest BCUT2D eigenvalue weighted by atomic mass is 79.9. The SMILES string of the molecule is C#CCNC(=O)C(C)Oc1ccc(Br)cc1CNC. The Morgan fingerprint density at radius 2 is 2.32 bits per heavy atom. The molecule has 0 aliphatic carbocycles. The van der Waals surface area contributed by atoms with E-state index in [1.54, 1.807) is 6.92 Å². The van der Waals surface area contributed by atoms with Crippen LogP contribution in [0.4, 0.5) is 0 Å². The molecule has 2 N–H and O–H groups in total. The van der Waals surface area contributed by atoms with Crippen LogP contribution < -0.4 is 15.4 Å². The van der Waals surface area contributed by atoms with E-state index in [4.69, 9.17) is 11.2 Å². The van der Waals surface area contributed by atoms with E-state index in [0.29, 0.717) is 12.3 Å². The Hall–Kier alpha value is -1.51. The number of nitrogens with one attached hydrogen (secondary N) is 2. The molecule has 0 bridgehead atoms. The zero-order chi connectivity index (χ0) is 14.3. The van der Waals surface area contributed by atoms with Crippen LogP contribution in [0.1, 0.15) is 12.5 Å². The van der Waals surface area contributed by atoms with Gasteiger partial charge in [-0.2, -0.15) is 0 Å². The second-order valence-corrected chi connectivity index (χ2v) is 4.88. The highest BCUT2D eigenvalue weighted by Gasteiger charge is 2.15. The number of rotatable bonds is 6. The maximum atomic E-state index is 11.7. The van der Waals surface area contributed by atoms with E-state index in [0.717, 1.165) is 10.0 Å². The summed E-state index contributed by atoms with van der Waals surface area (Å²) in [6.45, 7) is 2.56. The molecule has 0 spiro atoms. The molecule has 1 rings (SSSR count). The number of halogens is 1. The van der Waals surface area contributed by atoms with E-state index >= 15 is 0 Å². The van der Waals surface area contributed by atoms with Gasteiger partial charge in [-0.3, -0.25) is 4.79 Å². The Morgan fingerprint density at radius 1 is 1.58 bits per heavy atom. The molecular weight excluding hydrogens is 308 g/mol. The van der Waals surface area contributed by atoms with Gasteiger partial charge in [0.25, 0.3) is 5.91 Å². The van der Waals surface area contributed by atoms with Crippen molar-refractivity contribution in [2.75, 3.05) is 13.6 Å². The van der Waals surface area contributed by atoms with Crippen LogP contribution in [-0.2, 0) is 11.3 Å². The Morgan fingerprint density at radius 3 is 2.95 bits per heavy atom. The van der Waals surface area contributed by atoms with Gasteiger partial charge in [0.2, 0.25) is 0 Å². The van der Waals surface area contributed by atoms with Gasteiger partial charge in [-0.1, -0.05) is 21.9 Å². The summed E-state index contributed by atoms with van der Waals surface area (Å²) < 4.78 is 6.64. The lowest BCUT2D eigenvalue weighted by molar-refractivity contribution is -0.127. The predicted octanol–water partition coefficient (Wildman–Crippen LogP) is 1.69. The minimum absolute atomic E-state index is 0.205. The van der Waals surface area contributed by atoms with E-state index in [2.05, 4.69) is 32.5 Å². The first-order valence-corrected chi connectivity index (χ1v) is 6.68. The molecule has 4 nitrogen and oxygen atoms in total. The number of terminal acetylenes is 1. The Balaban J connectivity index is 2.75. The molecule has 5 heteroatoms. The van der Waals surface area contributed by atoms with Crippen molar-refractivity contribution in [1.29, 1.82) is 0 Å². The van der Waals surface area contributed by atoms with Crippen LogP contribution in [0.25, 0.3) is 0 Å². The summed E-state index contributed by atoms with van der Waals surface area (Å²) in [5, 5.41) is 5.65. The number of carbonyl (C=O) groups excluding carboxylic acids is 1. The lowest BCUT2D eigenvalue weighted by Gasteiger charge is -2.17. The Labute approximate surface area is 122 Å². The van der Waals surface area contributed by atoms with Crippen molar-refractivity contribution < 1.29 is 9.53 Å². The van der Waals surface area contributed by atoms with Gasteiger partial charge in [0, 0.05) is 16.6 Å². The third kappa shape index (κ3) is 4.93. The molecule has 19 heavy (non-hydrogen) atoms. The fourth-order valence-corrected chi connectivity index (χ4v) is 1.93. The quantitative estimate of drug-likeness (QED) is 0.783. The summed E-state index contributed by atoms with van der Waals surface area (Å²) >= 11 is 3.41. The van der Waals surface area contributed by atoms with Crippen molar-refractivity contribution in [3.05, 3.63) is 28.2 Å². The molecule has 1 aromatic carbocycles. The highest BCUT2D eigenvalue weighted by molar-refractivity contribution is 9.10. The third-order valence-corrected chi connectivity index (χ3v) is 2.92. The standard InChI is InChI=1S/C14H17BrN2O2/c1-4-7-17-14(18)10(2)19-13-6-5-12(15)8-11(13)9-16-3/h1,5-6,8,10,16H,7,9H2,2-3H3,(H,17,18). The first-order chi connectivity index (χ1) is 9.08. The molecule has 0 saturated carbocycles. The minimum atomic E-state index is -0.592. The van der Waals surface area contributed by atoms with Crippen LogP contribution >= 0.6 is 15.9 Å². The van der Waals surface area contributed by atoms with Crippen LogP contribution in [0.2, 0.25) is 0 Å². The van der Waals surface area contributed by atoms with Crippen molar-refractivity contribution in [3.8, 4) is 18.1 Å². The molecule has 0 aromatic heterocycles. The highest BCUT2D eigenvalue weighted by Crippen LogP contribution is 2.24. The first kappa shape index (κ1) is 15.5. The summed E-state index contributed by atoms with van der Waals surface area (Å²) in [6.07, 6.45) is 4.50. The molecule has 1 amide bonds. The molecule has 0 saturated heterocycles. The molecule has 0 radical (unpaired) electrons. The van der Waals surface area contributed by atoms with Crippen molar-refractivity contribution in [2.24, 2.45) is 0 Å². The zero-order valence-corrected chi connectivity index (χ0v) is 12.6. The molecule has 1 atom stereocenters. The zero-order valence-electron chi connectivity index (χ0n) is 11.0. The predicted molar refractivity (Wildman–Crippen MR) is 78.8 cm³/mol. The molecular formula is C14H17BrN2O2. The van der Waals surface area contributed by atoms with E-state index < -0.39 is 6.10 Å². The lowest BCUT2D eigenvalue weighted by atomic mass is 10.2. The van der Waals surface area contributed by atoms with E-state index in [1.807, 2.05) is 25.2 Å². The smallest absolute Gasteiger partial charge is 0.261 e. The second kappa shape index (κ2) is 7.82. The lowest BCUT2D eigenvalue weighted by Crippen LogP contribution is -2.36. The number of hydrogen-bond donors (Lipinski definition) is 2. The van der Waals surface area contributed by atoms with Gasteiger partial charge < -0.3 is 15.4 Å².